The second-order valence-corrected chi connectivity index (χ2v) is 6.52. The summed E-state index contributed by atoms with van der Waals surface area (Å²) in [5.74, 6) is -0.722. The molecule has 0 spiro atoms. The van der Waals surface area contributed by atoms with Crippen LogP contribution in [0.4, 0.5) is 20.6 Å². The van der Waals surface area contributed by atoms with Crippen molar-refractivity contribution >= 4 is 23.3 Å². The van der Waals surface area contributed by atoms with Crippen LogP contribution in [0.2, 0.25) is 0 Å². The van der Waals surface area contributed by atoms with Crippen LogP contribution in [0.3, 0.4) is 0 Å². The Bertz CT molecular complexity index is 817. The minimum atomic E-state index is -0.569. The van der Waals surface area contributed by atoms with E-state index >= 15 is 0 Å². The van der Waals surface area contributed by atoms with Gasteiger partial charge in [-0.25, -0.2) is 9.18 Å². The lowest BCUT2D eigenvalue weighted by molar-refractivity contribution is -0.119. The first-order valence-electron chi connectivity index (χ1n) is 8.66. The van der Waals surface area contributed by atoms with Crippen molar-refractivity contribution in [1.82, 2.24) is 4.90 Å². The number of rotatable bonds is 3. The van der Waals surface area contributed by atoms with Crippen LogP contribution in [-0.4, -0.2) is 29.4 Å². The van der Waals surface area contributed by atoms with Crippen molar-refractivity contribution in [2.45, 2.75) is 32.7 Å². The molecule has 0 bridgehead atoms. The van der Waals surface area contributed by atoms with Crippen molar-refractivity contribution in [1.29, 1.82) is 0 Å². The van der Waals surface area contributed by atoms with Gasteiger partial charge in [-0.2, -0.15) is 0 Å². The molecule has 1 heterocycles. The minimum Gasteiger partial charge on any atom is -0.324 e. The van der Waals surface area contributed by atoms with Gasteiger partial charge < -0.3 is 15.5 Å². The van der Waals surface area contributed by atoms with Gasteiger partial charge in [0.05, 0.1) is 5.69 Å². The third-order valence-corrected chi connectivity index (χ3v) is 4.66. The summed E-state index contributed by atoms with van der Waals surface area (Å²) in [4.78, 5) is 26.8. The molecule has 3 amide bonds. The summed E-state index contributed by atoms with van der Waals surface area (Å²) in [7, 11) is 0. The van der Waals surface area contributed by atoms with Crippen LogP contribution in [0.5, 0.6) is 0 Å². The van der Waals surface area contributed by atoms with E-state index in [0.29, 0.717) is 13.0 Å². The van der Waals surface area contributed by atoms with Gasteiger partial charge in [-0.05, 0) is 49.9 Å². The van der Waals surface area contributed by atoms with Gasteiger partial charge in [-0.3, -0.25) is 4.79 Å². The third-order valence-electron chi connectivity index (χ3n) is 4.66. The number of amides is 3. The molecule has 3 rings (SSSR count). The highest BCUT2D eigenvalue weighted by atomic mass is 19.1. The van der Waals surface area contributed by atoms with Crippen LogP contribution in [-0.2, 0) is 4.79 Å². The number of carbonyl (C=O) groups is 2. The molecule has 2 aromatic rings. The van der Waals surface area contributed by atoms with Crippen LogP contribution >= 0.6 is 0 Å². The maximum atomic E-state index is 13.8. The number of anilines is 2. The maximum Gasteiger partial charge on any atom is 0.322 e. The zero-order valence-electron chi connectivity index (χ0n) is 14.9. The Kier molecular flexibility index (Phi) is 5.21. The number of nitrogens with one attached hydrogen (secondary N) is 2. The molecule has 0 aliphatic carbocycles. The molecule has 136 valence electrons. The minimum absolute atomic E-state index is 0.110. The second kappa shape index (κ2) is 7.56. The largest absolute Gasteiger partial charge is 0.324 e. The summed E-state index contributed by atoms with van der Waals surface area (Å²) >= 11 is 0. The first-order chi connectivity index (χ1) is 12.5. The van der Waals surface area contributed by atoms with Crippen LogP contribution in [0, 0.1) is 19.7 Å². The van der Waals surface area contributed by atoms with E-state index in [0.717, 1.165) is 23.2 Å². The molecule has 1 fully saturated rings. The summed E-state index contributed by atoms with van der Waals surface area (Å²) in [6.07, 6.45) is 1.32. The molecule has 1 atom stereocenters. The van der Waals surface area contributed by atoms with Crippen molar-refractivity contribution in [3.63, 3.8) is 0 Å². The van der Waals surface area contributed by atoms with Crippen molar-refractivity contribution in [2.75, 3.05) is 17.2 Å². The van der Waals surface area contributed by atoms with Crippen molar-refractivity contribution in [3.8, 4) is 0 Å². The van der Waals surface area contributed by atoms with E-state index in [9.17, 15) is 14.0 Å². The number of aryl methyl sites for hydroxylation is 2. The summed E-state index contributed by atoms with van der Waals surface area (Å²) in [5, 5.41) is 5.50. The van der Waals surface area contributed by atoms with E-state index in [1.807, 2.05) is 32.0 Å². The van der Waals surface area contributed by atoms with Crippen molar-refractivity contribution in [2.24, 2.45) is 0 Å². The van der Waals surface area contributed by atoms with Gasteiger partial charge in [0.25, 0.3) is 0 Å². The summed E-state index contributed by atoms with van der Waals surface area (Å²) in [5.41, 5.74) is 2.83. The molecule has 1 unspecified atom stereocenters. The summed E-state index contributed by atoms with van der Waals surface area (Å²) in [6, 6.07) is 10.7. The zero-order valence-corrected chi connectivity index (χ0v) is 14.9. The monoisotopic (exact) mass is 355 g/mol. The van der Waals surface area contributed by atoms with Crippen LogP contribution in [0.25, 0.3) is 0 Å². The van der Waals surface area contributed by atoms with Gasteiger partial charge in [-0.15, -0.1) is 0 Å². The van der Waals surface area contributed by atoms with Gasteiger partial charge in [0, 0.05) is 12.2 Å². The molecule has 6 heteroatoms. The molecule has 1 aliphatic rings. The average Bonchev–Trinajstić information content (AvgIpc) is 3.10. The number of nitrogens with zero attached hydrogens (tertiary/aromatic N) is 1. The lowest BCUT2D eigenvalue weighted by atomic mass is 10.1. The molecule has 0 saturated carbocycles. The molecular weight excluding hydrogens is 333 g/mol. The van der Waals surface area contributed by atoms with Gasteiger partial charge >= 0.3 is 6.03 Å². The first-order valence-corrected chi connectivity index (χ1v) is 8.66. The van der Waals surface area contributed by atoms with E-state index in [1.54, 1.807) is 12.1 Å². The zero-order chi connectivity index (χ0) is 18.7. The van der Waals surface area contributed by atoms with E-state index in [4.69, 9.17) is 0 Å². The summed E-state index contributed by atoms with van der Waals surface area (Å²) in [6.45, 7) is 4.32. The highest BCUT2D eigenvalue weighted by molar-refractivity contribution is 6.00. The molecule has 26 heavy (non-hydrogen) atoms. The van der Waals surface area contributed by atoms with Gasteiger partial charge in [-0.1, -0.05) is 30.3 Å². The molecule has 5 nitrogen and oxygen atoms in total. The Morgan fingerprint density at radius 2 is 1.73 bits per heavy atom. The van der Waals surface area contributed by atoms with E-state index in [-0.39, 0.29) is 11.6 Å². The highest BCUT2D eigenvalue weighted by Gasteiger charge is 2.34. The molecule has 2 aromatic carbocycles. The Morgan fingerprint density at radius 3 is 2.42 bits per heavy atom. The number of likely N-dealkylation sites (tertiary alicyclic amines) is 1. The standard InChI is InChI=1S/C20H22FN3O2/c1-13-7-5-8-14(2)18(13)23-19(25)17-11-6-12-24(17)20(26)22-16-10-4-3-9-15(16)21/h3-5,7-10,17H,6,11-12H2,1-2H3,(H,22,26)(H,23,25). The highest BCUT2D eigenvalue weighted by Crippen LogP contribution is 2.24. The molecule has 1 aliphatic heterocycles. The number of para-hydroxylation sites is 2. The fourth-order valence-corrected chi connectivity index (χ4v) is 3.25. The molecule has 0 aromatic heterocycles. The van der Waals surface area contributed by atoms with E-state index in [2.05, 4.69) is 10.6 Å². The fourth-order valence-electron chi connectivity index (χ4n) is 3.25. The van der Waals surface area contributed by atoms with Gasteiger partial charge in [0.2, 0.25) is 5.91 Å². The van der Waals surface area contributed by atoms with E-state index in [1.165, 1.54) is 17.0 Å². The van der Waals surface area contributed by atoms with Crippen LogP contribution < -0.4 is 10.6 Å². The Labute approximate surface area is 152 Å². The smallest absolute Gasteiger partial charge is 0.322 e. The van der Waals surface area contributed by atoms with Crippen LogP contribution in [0.1, 0.15) is 24.0 Å². The fraction of sp³-hybridized carbons (Fsp3) is 0.300. The number of urea groups is 1. The maximum absolute atomic E-state index is 13.8. The molecule has 0 radical (unpaired) electrons. The predicted molar refractivity (Wildman–Crippen MR) is 99.7 cm³/mol. The lowest BCUT2D eigenvalue weighted by Gasteiger charge is -2.25. The lowest BCUT2D eigenvalue weighted by Crippen LogP contribution is -2.45. The van der Waals surface area contributed by atoms with Gasteiger partial charge in [0.15, 0.2) is 0 Å². The molecule has 2 N–H and O–H groups in total. The number of benzene rings is 2. The van der Waals surface area contributed by atoms with E-state index < -0.39 is 17.9 Å². The quantitative estimate of drug-likeness (QED) is 0.871. The Morgan fingerprint density at radius 1 is 1.04 bits per heavy atom. The number of hydrogen-bond donors (Lipinski definition) is 2. The first kappa shape index (κ1) is 17.9. The number of hydrogen-bond acceptors (Lipinski definition) is 2. The average molecular weight is 355 g/mol. The summed E-state index contributed by atoms with van der Waals surface area (Å²) < 4.78 is 13.8. The Balaban J connectivity index is 1.72. The second-order valence-electron chi connectivity index (χ2n) is 6.52. The number of carbonyl (C=O) groups excluding carboxylic acids is 2. The molecule has 1 saturated heterocycles. The molecular formula is C20H22FN3O2. The number of halogens is 1. The normalized spacial score (nSPS) is 16.4. The van der Waals surface area contributed by atoms with Gasteiger partial charge in [0.1, 0.15) is 11.9 Å². The van der Waals surface area contributed by atoms with Crippen molar-refractivity contribution in [3.05, 3.63) is 59.4 Å². The van der Waals surface area contributed by atoms with Crippen LogP contribution in [0.15, 0.2) is 42.5 Å². The SMILES string of the molecule is Cc1cccc(C)c1NC(=O)C1CCCN1C(=O)Nc1ccccc1F. The van der Waals surface area contributed by atoms with Crippen molar-refractivity contribution < 1.29 is 14.0 Å². The predicted octanol–water partition coefficient (Wildman–Crippen LogP) is 4.08. The topological polar surface area (TPSA) is 61.4 Å². The third kappa shape index (κ3) is 3.69. The Hall–Kier alpha value is -2.89.